The highest BCUT2D eigenvalue weighted by molar-refractivity contribution is 9.09. The van der Waals surface area contributed by atoms with Crippen LogP contribution >= 0.6 is 15.9 Å². The Kier molecular flexibility index (Phi) is 6.23. The number of para-hydroxylation sites is 1. The molecule has 0 aliphatic heterocycles. The number of alkyl halides is 1. The molecule has 0 heterocycles. The number of aliphatic hydroxyl groups excluding tert-OH is 3. The number of carbonyl (C=O) groups excluding carboxylic acids is 1. The summed E-state index contributed by atoms with van der Waals surface area (Å²) in [5.74, 6) is -0.187. The van der Waals surface area contributed by atoms with E-state index in [1.165, 1.54) is 0 Å². The second-order valence-electron chi connectivity index (χ2n) is 3.96. The number of aliphatic hydroxyl groups is 3. The molecule has 106 valence electrons. The standard InChI is InChI=1S/C12H16BrNO5/c13-8-19-10-4-2-1-3-9(10)11(18)14-12(5-15,6-16)7-17/h1-4,15-17H,5-8H2,(H,14,18). The van der Waals surface area contributed by atoms with Crippen LogP contribution in [0.1, 0.15) is 10.4 Å². The number of amides is 1. The molecule has 7 heteroatoms. The molecule has 4 N–H and O–H groups in total. The van der Waals surface area contributed by atoms with E-state index in [-0.39, 0.29) is 11.1 Å². The van der Waals surface area contributed by atoms with Crippen molar-refractivity contribution in [2.24, 2.45) is 0 Å². The summed E-state index contributed by atoms with van der Waals surface area (Å²) in [5.41, 5.74) is -0.984. The van der Waals surface area contributed by atoms with E-state index in [9.17, 15) is 20.1 Å². The molecule has 0 bridgehead atoms. The zero-order valence-electron chi connectivity index (χ0n) is 10.2. The van der Waals surface area contributed by atoms with Crippen molar-refractivity contribution in [3.8, 4) is 5.75 Å². The predicted molar refractivity (Wildman–Crippen MR) is 72.3 cm³/mol. The highest BCUT2D eigenvalue weighted by Gasteiger charge is 2.31. The first kappa shape index (κ1) is 15.9. The van der Waals surface area contributed by atoms with Gasteiger partial charge >= 0.3 is 0 Å². The van der Waals surface area contributed by atoms with Gasteiger partial charge < -0.3 is 25.4 Å². The minimum Gasteiger partial charge on any atom is -0.482 e. The van der Waals surface area contributed by atoms with E-state index in [2.05, 4.69) is 21.2 Å². The van der Waals surface area contributed by atoms with Gasteiger partial charge in [0, 0.05) is 0 Å². The Bertz CT molecular complexity index is 414. The lowest BCUT2D eigenvalue weighted by Gasteiger charge is -2.28. The Morgan fingerprint density at radius 1 is 1.21 bits per heavy atom. The first-order valence-corrected chi connectivity index (χ1v) is 6.67. The van der Waals surface area contributed by atoms with Crippen LogP contribution in [0.4, 0.5) is 0 Å². The van der Waals surface area contributed by atoms with Gasteiger partial charge in [0.1, 0.15) is 16.8 Å². The van der Waals surface area contributed by atoms with Gasteiger partial charge in [-0.2, -0.15) is 0 Å². The number of hydrogen-bond donors (Lipinski definition) is 4. The summed E-state index contributed by atoms with van der Waals surface area (Å²) >= 11 is 3.10. The van der Waals surface area contributed by atoms with Gasteiger partial charge in [-0.05, 0) is 28.1 Å². The van der Waals surface area contributed by atoms with E-state index in [1.54, 1.807) is 24.3 Å². The first-order valence-electron chi connectivity index (χ1n) is 5.55. The molecule has 1 rings (SSSR count). The summed E-state index contributed by atoms with van der Waals surface area (Å²) in [7, 11) is 0. The van der Waals surface area contributed by atoms with Crippen LogP contribution in [-0.2, 0) is 0 Å². The maximum absolute atomic E-state index is 12.1. The number of halogens is 1. The molecule has 0 atom stereocenters. The predicted octanol–water partition coefficient (Wildman–Crippen LogP) is -0.137. The van der Waals surface area contributed by atoms with Crippen molar-refractivity contribution in [1.82, 2.24) is 5.32 Å². The van der Waals surface area contributed by atoms with Gasteiger partial charge in [0.25, 0.3) is 5.91 Å². The van der Waals surface area contributed by atoms with Crippen LogP contribution in [0.5, 0.6) is 5.75 Å². The topological polar surface area (TPSA) is 99.0 Å². The molecule has 0 unspecified atom stereocenters. The Balaban J connectivity index is 2.94. The molecule has 1 aromatic rings. The molecule has 0 aromatic heterocycles. The third-order valence-corrected chi connectivity index (χ3v) is 2.86. The first-order chi connectivity index (χ1) is 9.12. The van der Waals surface area contributed by atoms with Crippen LogP contribution in [0.2, 0.25) is 0 Å². The summed E-state index contributed by atoms with van der Waals surface area (Å²) in [6, 6.07) is 6.54. The van der Waals surface area contributed by atoms with Gasteiger partial charge in [0.05, 0.1) is 25.4 Å². The maximum atomic E-state index is 12.1. The maximum Gasteiger partial charge on any atom is 0.255 e. The molecule has 0 radical (unpaired) electrons. The number of ether oxygens (including phenoxy) is 1. The number of benzene rings is 1. The molecule has 0 saturated heterocycles. The van der Waals surface area contributed by atoms with Crippen molar-refractivity contribution >= 4 is 21.8 Å². The van der Waals surface area contributed by atoms with Crippen LogP contribution in [0.3, 0.4) is 0 Å². The summed E-state index contributed by atoms with van der Waals surface area (Å²) in [5, 5.41) is 29.9. The van der Waals surface area contributed by atoms with Crippen molar-refractivity contribution in [3.63, 3.8) is 0 Å². The lowest BCUT2D eigenvalue weighted by molar-refractivity contribution is 0.0374. The van der Waals surface area contributed by atoms with Gasteiger partial charge in [-0.1, -0.05) is 12.1 Å². The largest absolute Gasteiger partial charge is 0.482 e. The van der Waals surface area contributed by atoms with Crippen LogP contribution in [0.15, 0.2) is 24.3 Å². The Morgan fingerprint density at radius 3 is 2.32 bits per heavy atom. The van der Waals surface area contributed by atoms with Crippen LogP contribution < -0.4 is 10.1 Å². The minimum atomic E-state index is -1.46. The van der Waals surface area contributed by atoms with Gasteiger partial charge in [-0.15, -0.1) is 0 Å². The molecular formula is C12H16BrNO5. The average molecular weight is 334 g/mol. The van der Waals surface area contributed by atoms with Crippen molar-refractivity contribution in [2.45, 2.75) is 5.54 Å². The highest BCUT2D eigenvalue weighted by atomic mass is 79.9. The minimum absolute atomic E-state index is 0.225. The molecule has 0 saturated carbocycles. The quantitative estimate of drug-likeness (QED) is 0.521. The normalized spacial score (nSPS) is 11.2. The van der Waals surface area contributed by atoms with Crippen LogP contribution in [0, 0.1) is 0 Å². The van der Waals surface area contributed by atoms with E-state index in [1.807, 2.05) is 0 Å². The zero-order valence-corrected chi connectivity index (χ0v) is 11.8. The monoisotopic (exact) mass is 333 g/mol. The number of rotatable bonds is 7. The second-order valence-corrected chi connectivity index (χ2v) is 4.42. The highest BCUT2D eigenvalue weighted by Crippen LogP contribution is 2.19. The molecule has 0 fully saturated rings. The number of nitrogens with one attached hydrogen (secondary N) is 1. The average Bonchev–Trinajstić information content (AvgIpc) is 2.46. The molecular weight excluding hydrogens is 318 g/mol. The third-order valence-electron chi connectivity index (χ3n) is 2.63. The van der Waals surface area contributed by atoms with E-state index < -0.39 is 31.3 Å². The molecule has 1 amide bonds. The fraction of sp³-hybridized carbons (Fsp3) is 0.417. The smallest absolute Gasteiger partial charge is 0.255 e. The van der Waals surface area contributed by atoms with Gasteiger partial charge in [-0.25, -0.2) is 0 Å². The summed E-state index contributed by atoms with van der Waals surface area (Å²) in [4.78, 5) is 12.1. The lowest BCUT2D eigenvalue weighted by Crippen LogP contribution is -2.57. The van der Waals surface area contributed by atoms with Gasteiger partial charge in [0.15, 0.2) is 0 Å². The molecule has 0 aliphatic rings. The Hall–Kier alpha value is -1.15. The van der Waals surface area contributed by atoms with Crippen molar-refractivity contribution in [2.75, 3.05) is 25.3 Å². The summed E-state index contributed by atoms with van der Waals surface area (Å²) in [6.07, 6.45) is 0. The van der Waals surface area contributed by atoms with E-state index in [0.29, 0.717) is 5.75 Å². The molecule has 0 spiro atoms. The molecule has 1 aromatic carbocycles. The number of carbonyl (C=O) groups is 1. The fourth-order valence-corrected chi connectivity index (χ4v) is 1.66. The van der Waals surface area contributed by atoms with Gasteiger partial charge in [0.2, 0.25) is 0 Å². The van der Waals surface area contributed by atoms with Crippen LogP contribution in [-0.4, -0.2) is 52.1 Å². The Labute approximate surface area is 119 Å². The van der Waals surface area contributed by atoms with Gasteiger partial charge in [-0.3, -0.25) is 4.79 Å². The molecule has 6 nitrogen and oxygen atoms in total. The number of hydrogen-bond acceptors (Lipinski definition) is 5. The third kappa shape index (κ3) is 3.90. The van der Waals surface area contributed by atoms with Crippen molar-refractivity contribution in [1.29, 1.82) is 0 Å². The molecule has 19 heavy (non-hydrogen) atoms. The SMILES string of the molecule is O=C(NC(CO)(CO)CO)c1ccccc1OCBr. The van der Waals surface area contributed by atoms with Crippen molar-refractivity contribution in [3.05, 3.63) is 29.8 Å². The van der Waals surface area contributed by atoms with Crippen molar-refractivity contribution < 1.29 is 24.9 Å². The Morgan fingerprint density at radius 2 is 1.79 bits per heavy atom. The zero-order chi connectivity index (χ0) is 14.3. The van der Waals surface area contributed by atoms with Crippen LogP contribution in [0.25, 0.3) is 0 Å². The second kappa shape index (κ2) is 7.44. The van der Waals surface area contributed by atoms with E-state index in [0.717, 1.165) is 0 Å². The van der Waals surface area contributed by atoms with E-state index in [4.69, 9.17) is 4.74 Å². The van der Waals surface area contributed by atoms with E-state index >= 15 is 0 Å². The summed E-state index contributed by atoms with van der Waals surface area (Å²) < 4.78 is 5.24. The molecule has 0 aliphatic carbocycles. The summed E-state index contributed by atoms with van der Waals surface area (Å²) in [6.45, 7) is -1.73. The fourth-order valence-electron chi connectivity index (χ4n) is 1.42. The lowest BCUT2D eigenvalue weighted by atomic mass is 10.0.